The molecule has 1 aromatic carbocycles. The third-order valence-corrected chi connectivity index (χ3v) is 6.35. The van der Waals surface area contributed by atoms with Crippen LogP contribution in [0.25, 0.3) is 22.5 Å². The zero-order chi connectivity index (χ0) is 24.4. The van der Waals surface area contributed by atoms with Gasteiger partial charge in [-0.15, -0.1) is 0 Å². The number of hydrogen-bond acceptors (Lipinski definition) is 7. The van der Waals surface area contributed by atoms with E-state index in [-0.39, 0.29) is 11.1 Å². The largest absolute Gasteiger partial charge is 0.481 e. The Hall–Kier alpha value is -3.77. The van der Waals surface area contributed by atoms with Gasteiger partial charge in [-0.25, -0.2) is 14.4 Å². The predicted octanol–water partition coefficient (Wildman–Crippen LogP) is 3.06. The monoisotopic (exact) mass is 462 g/mol. The van der Waals surface area contributed by atoms with Gasteiger partial charge in [0.15, 0.2) is 5.82 Å². The lowest BCUT2D eigenvalue weighted by atomic mass is 10.0. The van der Waals surface area contributed by atoms with Gasteiger partial charge in [0.1, 0.15) is 11.9 Å². The van der Waals surface area contributed by atoms with Crippen molar-refractivity contribution in [2.24, 2.45) is 7.05 Å². The van der Waals surface area contributed by atoms with E-state index >= 15 is 0 Å². The summed E-state index contributed by atoms with van der Waals surface area (Å²) in [6.07, 6.45) is 3.44. The number of benzene rings is 1. The van der Waals surface area contributed by atoms with Gasteiger partial charge in [-0.3, -0.25) is 4.79 Å². The Labute approximate surface area is 197 Å². The van der Waals surface area contributed by atoms with Crippen molar-refractivity contribution in [1.29, 1.82) is 5.26 Å². The average Bonchev–Trinajstić information content (AvgIpc) is 2.85. The van der Waals surface area contributed by atoms with E-state index in [1.165, 1.54) is 23.8 Å². The van der Waals surface area contributed by atoms with E-state index in [1.807, 2.05) is 11.0 Å². The molecule has 0 bridgehead atoms. The van der Waals surface area contributed by atoms with Crippen LogP contribution in [0.2, 0.25) is 0 Å². The summed E-state index contributed by atoms with van der Waals surface area (Å²) in [5.74, 6) is 0.139. The summed E-state index contributed by atoms with van der Waals surface area (Å²) in [5.41, 5.74) is 1.80. The van der Waals surface area contributed by atoms with Gasteiger partial charge in [-0.1, -0.05) is 6.07 Å². The van der Waals surface area contributed by atoms with Gasteiger partial charge in [0, 0.05) is 49.6 Å². The fourth-order valence-electron chi connectivity index (χ4n) is 4.34. The molecule has 1 aliphatic heterocycles. The van der Waals surface area contributed by atoms with Gasteiger partial charge in [0.05, 0.1) is 24.1 Å². The highest BCUT2D eigenvalue weighted by Crippen LogP contribution is 2.32. The number of nitriles is 1. The molecule has 4 rings (SSSR count). The normalized spacial score (nSPS) is 14.3. The summed E-state index contributed by atoms with van der Waals surface area (Å²) < 4.78 is 21.3. The van der Waals surface area contributed by atoms with Crippen LogP contribution < -0.4 is 15.2 Å². The number of hydrogen-bond donors (Lipinski definition) is 0. The van der Waals surface area contributed by atoms with Gasteiger partial charge in [-0.05, 0) is 45.1 Å². The van der Waals surface area contributed by atoms with E-state index in [9.17, 15) is 9.18 Å². The van der Waals surface area contributed by atoms with Crippen LogP contribution in [0.15, 0.2) is 41.3 Å². The highest BCUT2D eigenvalue weighted by molar-refractivity contribution is 5.79. The minimum absolute atomic E-state index is 0.0489. The first-order valence-corrected chi connectivity index (χ1v) is 11.1. The lowest BCUT2D eigenvalue weighted by Crippen LogP contribution is -2.44. The molecule has 0 spiro atoms. The van der Waals surface area contributed by atoms with E-state index < -0.39 is 5.82 Å². The second-order valence-corrected chi connectivity index (χ2v) is 8.57. The van der Waals surface area contributed by atoms with Crippen LogP contribution in [0.5, 0.6) is 5.88 Å². The maximum atomic E-state index is 14.6. The Kier molecular flexibility index (Phi) is 6.61. The van der Waals surface area contributed by atoms with Crippen molar-refractivity contribution < 1.29 is 9.13 Å². The van der Waals surface area contributed by atoms with E-state index in [4.69, 9.17) is 15.0 Å². The zero-order valence-electron chi connectivity index (χ0n) is 19.7. The summed E-state index contributed by atoms with van der Waals surface area (Å²) >= 11 is 0. The number of pyridine rings is 1. The predicted molar refractivity (Wildman–Crippen MR) is 128 cm³/mol. The van der Waals surface area contributed by atoms with Crippen LogP contribution in [-0.4, -0.2) is 59.8 Å². The lowest BCUT2D eigenvalue weighted by Gasteiger charge is -2.35. The molecule has 0 unspecified atom stereocenters. The molecular formula is C25H27FN6O2. The quantitative estimate of drug-likeness (QED) is 0.576. The summed E-state index contributed by atoms with van der Waals surface area (Å²) in [5, 5.41) is 9.14. The standard InChI is InChI=1S/C25H27FN6O2/c1-30(2)19-9-11-32(12-10-19)24-25(33)31(3)23(18-7-8-21(34-4)28-15-18)22(29-24)16-5-6-17(14-27)20(26)13-16/h5-8,13,15,19H,9-12H2,1-4H3. The number of nitrogens with zero attached hydrogens (tertiary/aromatic N) is 6. The summed E-state index contributed by atoms with van der Waals surface area (Å²) in [4.78, 5) is 26.7. The smallest absolute Gasteiger partial charge is 0.293 e. The van der Waals surface area contributed by atoms with Gasteiger partial charge in [-0.2, -0.15) is 5.26 Å². The van der Waals surface area contributed by atoms with Crippen molar-refractivity contribution in [2.45, 2.75) is 18.9 Å². The zero-order valence-corrected chi connectivity index (χ0v) is 19.7. The number of rotatable bonds is 5. The summed E-state index contributed by atoms with van der Waals surface area (Å²) in [7, 11) is 7.33. The first-order valence-electron chi connectivity index (χ1n) is 11.1. The maximum absolute atomic E-state index is 14.6. The van der Waals surface area contributed by atoms with Crippen molar-refractivity contribution in [2.75, 3.05) is 39.2 Å². The maximum Gasteiger partial charge on any atom is 0.293 e. The molecule has 1 aliphatic rings. The van der Waals surface area contributed by atoms with Crippen LogP contribution in [0.4, 0.5) is 10.2 Å². The van der Waals surface area contributed by atoms with E-state index in [0.717, 1.165) is 12.8 Å². The highest BCUT2D eigenvalue weighted by Gasteiger charge is 2.26. The molecule has 1 fully saturated rings. The third kappa shape index (κ3) is 4.37. The second-order valence-electron chi connectivity index (χ2n) is 8.57. The van der Waals surface area contributed by atoms with Crippen LogP contribution in [0.3, 0.4) is 0 Å². The van der Waals surface area contributed by atoms with Crippen molar-refractivity contribution >= 4 is 5.82 Å². The first kappa shape index (κ1) is 23.4. The molecule has 0 saturated carbocycles. The van der Waals surface area contributed by atoms with Crippen molar-refractivity contribution in [3.8, 4) is 34.5 Å². The average molecular weight is 463 g/mol. The Bertz CT molecular complexity index is 1290. The van der Waals surface area contributed by atoms with Gasteiger partial charge < -0.3 is 19.1 Å². The minimum Gasteiger partial charge on any atom is -0.481 e. The number of anilines is 1. The summed E-state index contributed by atoms with van der Waals surface area (Å²) in [6.45, 7) is 1.41. The second kappa shape index (κ2) is 9.61. The molecular weight excluding hydrogens is 435 g/mol. The molecule has 8 nitrogen and oxygen atoms in total. The van der Waals surface area contributed by atoms with Gasteiger partial charge in [0.2, 0.25) is 5.88 Å². The molecule has 1 saturated heterocycles. The molecule has 2 aromatic heterocycles. The number of halogens is 1. The fourth-order valence-corrected chi connectivity index (χ4v) is 4.34. The molecule has 0 radical (unpaired) electrons. The molecule has 34 heavy (non-hydrogen) atoms. The van der Waals surface area contributed by atoms with E-state index in [0.29, 0.717) is 53.3 Å². The van der Waals surface area contributed by atoms with Gasteiger partial charge in [0.25, 0.3) is 5.56 Å². The fraction of sp³-hybridized carbons (Fsp3) is 0.360. The molecule has 3 heterocycles. The Balaban J connectivity index is 1.87. The molecule has 9 heteroatoms. The molecule has 3 aromatic rings. The summed E-state index contributed by atoms with van der Waals surface area (Å²) in [6, 6.07) is 10.1. The Morgan fingerprint density at radius 3 is 2.44 bits per heavy atom. The van der Waals surface area contributed by atoms with E-state index in [1.54, 1.807) is 31.4 Å². The Morgan fingerprint density at radius 1 is 1.18 bits per heavy atom. The molecule has 176 valence electrons. The van der Waals surface area contributed by atoms with Crippen molar-refractivity contribution in [1.82, 2.24) is 19.4 Å². The molecule has 0 amide bonds. The van der Waals surface area contributed by atoms with Crippen LogP contribution in [-0.2, 0) is 7.05 Å². The molecule has 0 aliphatic carbocycles. The van der Waals surface area contributed by atoms with Crippen molar-refractivity contribution in [3.05, 3.63) is 58.3 Å². The first-order chi connectivity index (χ1) is 16.3. The Morgan fingerprint density at radius 2 is 1.88 bits per heavy atom. The number of piperidine rings is 1. The number of ether oxygens (including phenoxy) is 1. The SMILES string of the molecule is COc1ccc(-c2c(-c3ccc(C#N)c(F)c3)nc(N3CCC(N(C)C)CC3)c(=O)n2C)cn1. The van der Waals surface area contributed by atoms with Crippen LogP contribution in [0.1, 0.15) is 18.4 Å². The lowest BCUT2D eigenvalue weighted by molar-refractivity contribution is 0.249. The highest BCUT2D eigenvalue weighted by atomic mass is 19.1. The number of aromatic nitrogens is 3. The third-order valence-electron chi connectivity index (χ3n) is 6.35. The molecule has 0 N–H and O–H groups in total. The van der Waals surface area contributed by atoms with Crippen LogP contribution >= 0.6 is 0 Å². The number of methoxy groups -OCH3 is 1. The minimum atomic E-state index is -0.636. The van der Waals surface area contributed by atoms with E-state index in [2.05, 4.69) is 24.0 Å². The van der Waals surface area contributed by atoms with Gasteiger partial charge >= 0.3 is 0 Å². The molecule has 0 atom stereocenters. The topological polar surface area (TPSA) is 87.3 Å². The van der Waals surface area contributed by atoms with Crippen molar-refractivity contribution in [3.63, 3.8) is 0 Å². The van der Waals surface area contributed by atoms with Crippen LogP contribution in [0, 0.1) is 17.1 Å².